The fourth-order valence-electron chi connectivity index (χ4n) is 1.57. The van der Waals surface area contributed by atoms with E-state index in [9.17, 15) is 4.79 Å². The Morgan fingerprint density at radius 1 is 1.65 bits per heavy atom. The van der Waals surface area contributed by atoms with Crippen molar-refractivity contribution in [1.82, 2.24) is 25.3 Å². The number of nitrogens with two attached hydrogens (primary N) is 1. The summed E-state index contributed by atoms with van der Waals surface area (Å²) >= 11 is 0. The number of rotatable bonds is 6. The number of hydrazine groups is 1. The Balaban J connectivity index is 2.42. The quantitative estimate of drug-likeness (QED) is 0.396. The van der Waals surface area contributed by atoms with Crippen LogP contribution in [-0.4, -0.2) is 45.9 Å². The van der Waals surface area contributed by atoms with E-state index < -0.39 is 5.91 Å². The fraction of sp³-hybridized carbons (Fsp3) is 0.700. The van der Waals surface area contributed by atoms with E-state index in [4.69, 9.17) is 5.84 Å². The van der Waals surface area contributed by atoms with E-state index in [1.165, 1.54) is 0 Å². The van der Waals surface area contributed by atoms with Gasteiger partial charge in [-0.05, 0) is 13.0 Å². The Morgan fingerprint density at radius 2 is 2.35 bits per heavy atom. The number of nitrogen functional groups attached to an aromatic ring is 1. The topological polar surface area (TPSA) is 89.1 Å². The van der Waals surface area contributed by atoms with Crippen LogP contribution in [-0.2, 0) is 6.54 Å². The smallest absolute Gasteiger partial charge is 0.287 e. The molecule has 0 aliphatic carbocycles. The van der Waals surface area contributed by atoms with Crippen LogP contribution < -0.4 is 11.3 Å². The number of nitrogens with one attached hydrogen (secondary N) is 1. The molecule has 0 bridgehead atoms. The Bertz CT molecular complexity index is 361. The Kier molecular flexibility index (Phi) is 5.05. The van der Waals surface area contributed by atoms with Crippen molar-refractivity contribution in [2.75, 3.05) is 20.1 Å². The zero-order valence-electron chi connectivity index (χ0n) is 10.6. The molecule has 0 atom stereocenters. The summed E-state index contributed by atoms with van der Waals surface area (Å²) in [6.45, 7) is 6.95. The molecule has 0 saturated carbocycles. The first-order valence-corrected chi connectivity index (χ1v) is 5.62. The molecule has 0 radical (unpaired) electrons. The largest absolute Gasteiger partial charge is 0.304 e. The van der Waals surface area contributed by atoms with E-state index in [-0.39, 0.29) is 5.69 Å². The second-order valence-corrected chi connectivity index (χ2v) is 4.50. The third kappa shape index (κ3) is 4.49. The van der Waals surface area contributed by atoms with Crippen molar-refractivity contribution in [1.29, 1.82) is 0 Å². The summed E-state index contributed by atoms with van der Waals surface area (Å²) in [7, 11) is 2.06. The number of nitrogens with zero attached hydrogens (tertiary/aromatic N) is 4. The van der Waals surface area contributed by atoms with Gasteiger partial charge in [0.05, 0.1) is 12.7 Å². The average molecular weight is 240 g/mol. The predicted molar refractivity (Wildman–Crippen MR) is 64.0 cm³/mol. The summed E-state index contributed by atoms with van der Waals surface area (Å²) < 4.78 is 1.64. The molecule has 1 amide bonds. The van der Waals surface area contributed by atoms with Crippen LogP contribution >= 0.6 is 0 Å². The maximum atomic E-state index is 11.1. The molecule has 3 N–H and O–H groups in total. The van der Waals surface area contributed by atoms with Gasteiger partial charge in [0.15, 0.2) is 5.69 Å². The SMILES string of the molecule is CC(C)CN(C)CCn1cc(C(=O)NN)nn1. The molecule has 0 fully saturated rings. The lowest BCUT2D eigenvalue weighted by Crippen LogP contribution is -2.30. The van der Waals surface area contributed by atoms with Gasteiger partial charge < -0.3 is 4.90 Å². The lowest BCUT2D eigenvalue weighted by molar-refractivity contribution is 0.0948. The highest BCUT2D eigenvalue weighted by Crippen LogP contribution is 1.97. The van der Waals surface area contributed by atoms with Crippen LogP contribution in [0.5, 0.6) is 0 Å². The standard InChI is InChI=1S/C10H20N6O/c1-8(2)6-15(3)4-5-16-7-9(13-14-16)10(17)12-11/h7-8H,4-6,11H2,1-3H3,(H,12,17). The molecule has 96 valence electrons. The minimum atomic E-state index is -0.424. The lowest BCUT2D eigenvalue weighted by atomic mass is 10.2. The van der Waals surface area contributed by atoms with Crippen molar-refractivity contribution >= 4 is 5.91 Å². The van der Waals surface area contributed by atoms with Gasteiger partial charge in [-0.15, -0.1) is 5.10 Å². The number of likely N-dealkylation sites (N-methyl/N-ethyl adjacent to an activating group) is 1. The van der Waals surface area contributed by atoms with Gasteiger partial charge in [-0.3, -0.25) is 14.9 Å². The second kappa shape index (κ2) is 6.31. The molecule has 17 heavy (non-hydrogen) atoms. The molecule has 1 aromatic rings. The maximum absolute atomic E-state index is 11.1. The first-order valence-electron chi connectivity index (χ1n) is 5.62. The molecule has 7 nitrogen and oxygen atoms in total. The highest BCUT2D eigenvalue weighted by molar-refractivity contribution is 5.91. The molecule has 7 heteroatoms. The number of carbonyl (C=O) groups excluding carboxylic acids is 1. The average Bonchev–Trinajstić information content (AvgIpc) is 2.73. The monoisotopic (exact) mass is 240 g/mol. The van der Waals surface area contributed by atoms with Gasteiger partial charge >= 0.3 is 0 Å². The van der Waals surface area contributed by atoms with Gasteiger partial charge in [0.25, 0.3) is 5.91 Å². The molecular formula is C10H20N6O. The van der Waals surface area contributed by atoms with Crippen LogP contribution in [0.15, 0.2) is 6.20 Å². The van der Waals surface area contributed by atoms with Gasteiger partial charge in [0, 0.05) is 13.1 Å². The molecule has 0 aliphatic heterocycles. The van der Waals surface area contributed by atoms with Crippen molar-refractivity contribution in [3.8, 4) is 0 Å². The van der Waals surface area contributed by atoms with Gasteiger partial charge in [0.2, 0.25) is 0 Å². The molecule has 0 aromatic carbocycles. The van der Waals surface area contributed by atoms with E-state index in [0.29, 0.717) is 12.5 Å². The van der Waals surface area contributed by atoms with E-state index in [1.54, 1.807) is 10.9 Å². The Labute approximate surface area is 101 Å². The van der Waals surface area contributed by atoms with Crippen molar-refractivity contribution in [2.24, 2.45) is 11.8 Å². The Morgan fingerprint density at radius 3 is 2.94 bits per heavy atom. The molecule has 0 spiro atoms. The van der Waals surface area contributed by atoms with Crippen LogP contribution in [0, 0.1) is 5.92 Å². The highest BCUT2D eigenvalue weighted by atomic mass is 16.2. The summed E-state index contributed by atoms with van der Waals surface area (Å²) in [5.41, 5.74) is 2.26. The van der Waals surface area contributed by atoms with Crippen molar-refractivity contribution in [2.45, 2.75) is 20.4 Å². The minimum absolute atomic E-state index is 0.235. The first-order chi connectivity index (χ1) is 8.02. The summed E-state index contributed by atoms with van der Waals surface area (Å²) in [5, 5.41) is 7.59. The minimum Gasteiger partial charge on any atom is -0.304 e. The second-order valence-electron chi connectivity index (χ2n) is 4.50. The first kappa shape index (κ1) is 13.6. The molecule has 1 heterocycles. The lowest BCUT2D eigenvalue weighted by Gasteiger charge is -2.18. The van der Waals surface area contributed by atoms with Gasteiger partial charge in [-0.2, -0.15) is 0 Å². The number of carbonyl (C=O) groups is 1. The maximum Gasteiger partial charge on any atom is 0.287 e. The van der Waals surface area contributed by atoms with E-state index in [2.05, 4.69) is 36.1 Å². The number of aromatic nitrogens is 3. The molecule has 1 aromatic heterocycles. The van der Waals surface area contributed by atoms with Crippen molar-refractivity contribution in [3.63, 3.8) is 0 Å². The molecule has 0 aliphatic rings. The summed E-state index contributed by atoms with van der Waals surface area (Å²) in [6, 6.07) is 0. The van der Waals surface area contributed by atoms with Crippen LogP contribution in [0.1, 0.15) is 24.3 Å². The number of hydrogen-bond donors (Lipinski definition) is 2. The molecule has 0 saturated heterocycles. The third-order valence-electron chi connectivity index (χ3n) is 2.29. The third-order valence-corrected chi connectivity index (χ3v) is 2.29. The van der Waals surface area contributed by atoms with Crippen LogP contribution in [0.2, 0.25) is 0 Å². The van der Waals surface area contributed by atoms with E-state index >= 15 is 0 Å². The zero-order chi connectivity index (χ0) is 12.8. The molecular weight excluding hydrogens is 220 g/mol. The van der Waals surface area contributed by atoms with E-state index in [1.807, 2.05) is 5.43 Å². The number of hydrogen-bond acceptors (Lipinski definition) is 5. The molecule has 0 unspecified atom stereocenters. The molecule has 1 rings (SSSR count). The Hall–Kier alpha value is -1.47. The normalized spacial score (nSPS) is 11.2. The van der Waals surface area contributed by atoms with Crippen LogP contribution in [0.25, 0.3) is 0 Å². The predicted octanol–water partition coefficient (Wildman–Crippen LogP) is -0.531. The van der Waals surface area contributed by atoms with Crippen LogP contribution in [0.4, 0.5) is 0 Å². The van der Waals surface area contributed by atoms with Crippen molar-refractivity contribution < 1.29 is 4.79 Å². The summed E-state index contributed by atoms with van der Waals surface area (Å²) in [5.74, 6) is 5.21. The summed E-state index contributed by atoms with van der Waals surface area (Å²) in [6.07, 6.45) is 1.59. The van der Waals surface area contributed by atoms with Gasteiger partial charge in [-0.1, -0.05) is 19.1 Å². The van der Waals surface area contributed by atoms with Gasteiger partial charge in [0.1, 0.15) is 0 Å². The fourth-order valence-corrected chi connectivity index (χ4v) is 1.57. The summed E-state index contributed by atoms with van der Waals surface area (Å²) in [4.78, 5) is 13.4. The zero-order valence-corrected chi connectivity index (χ0v) is 10.6. The van der Waals surface area contributed by atoms with Crippen LogP contribution in [0.3, 0.4) is 0 Å². The van der Waals surface area contributed by atoms with Crippen molar-refractivity contribution in [3.05, 3.63) is 11.9 Å². The van der Waals surface area contributed by atoms with E-state index in [0.717, 1.165) is 13.1 Å². The number of amides is 1. The van der Waals surface area contributed by atoms with Gasteiger partial charge in [-0.25, -0.2) is 5.84 Å². The highest BCUT2D eigenvalue weighted by Gasteiger charge is 2.09.